The van der Waals surface area contributed by atoms with Gasteiger partial charge in [0.05, 0.1) is 12.0 Å². The van der Waals surface area contributed by atoms with E-state index >= 15 is 0 Å². The van der Waals surface area contributed by atoms with Gasteiger partial charge in [-0.3, -0.25) is 9.35 Å². The second-order valence-corrected chi connectivity index (χ2v) is 5.99. The Morgan fingerprint density at radius 2 is 1.91 bits per heavy atom. The lowest BCUT2D eigenvalue weighted by atomic mass is 9.96. The summed E-state index contributed by atoms with van der Waals surface area (Å²) in [5.41, 5.74) is 0.979. The fourth-order valence-corrected chi connectivity index (χ4v) is 2.75. The average molecular weight is 336 g/mol. The summed E-state index contributed by atoms with van der Waals surface area (Å²) in [6, 6.07) is 10.7. The standard InChI is InChI=1S/C15H12O7S/c16-11-8-15(21-13-4-2-1-3-10(11)13)9-5-6-14(12(17)7-9)22-23(18,19)20/h1-7,15,17H,8H2,(H,18,19,20). The largest absolute Gasteiger partial charge is 0.504 e. The quantitative estimate of drug-likeness (QED) is 0.827. The van der Waals surface area contributed by atoms with Crippen LogP contribution < -0.4 is 8.92 Å². The normalized spacial score (nSPS) is 17.3. The highest BCUT2D eigenvalue weighted by molar-refractivity contribution is 7.81. The lowest BCUT2D eigenvalue weighted by Gasteiger charge is -2.25. The number of phenolic OH excluding ortho intramolecular Hbond substituents is 1. The summed E-state index contributed by atoms with van der Waals surface area (Å²) in [5.74, 6) is -0.546. The van der Waals surface area contributed by atoms with Crippen molar-refractivity contribution in [3.05, 3.63) is 53.6 Å². The highest BCUT2D eigenvalue weighted by Crippen LogP contribution is 2.37. The van der Waals surface area contributed by atoms with Gasteiger partial charge in [0, 0.05) is 0 Å². The Labute approximate surface area is 132 Å². The van der Waals surface area contributed by atoms with Gasteiger partial charge in [0.1, 0.15) is 11.9 Å². The number of Topliss-reactive ketones (excluding diaryl/α,β-unsaturated/α-hetero) is 1. The van der Waals surface area contributed by atoms with Crippen molar-refractivity contribution >= 4 is 16.2 Å². The molecule has 1 unspecified atom stereocenters. The Hall–Kier alpha value is -2.58. The molecule has 120 valence electrons. The third-order valence-corrected chi connectivity index (χ3v) is 3.77. The van der Waals surface area contributed by atoms with Gasteiger partial charge in [0.15, 0.2) is 17.3 Å². The summed E-state index contributed by atoms with van der Waals surface area (Å²) in [7, 11) is -4.73. The van der Waals surface area contributed by atoms with Crippen molar-refractivity contribution in [3.8, 4) is 17.2 Å². The smallest absolute Gasteiger partial charge is 0.446 e. The molecule has 0 fully saturated rings. The number of ether oxygens (including phenoxy) is 1. The predicted octanol–water partition coefficient (Wildman–Crippen LogP) is 2.28. The zero-order chi connectivity index (χ0) is 16.6. The van der Waals surface area contributed by atoms with E-state index in [-0.39, 0.29) is 12.2 Å². The summed E-state index contributed by atoms with van der Waals surface area (Å²) in [5, 5.41) is 9.81. The fourth-order valence-electron chi connectivity index (χ4n) is 2.38. The number of hydrogen-bond acceptors (Lipinski definition) is 6. The Morgan fingerprint density at radius 3 is 2.61 bits per heavy atom. The van der Waals surface area contributed by atoms with Crippen LogP contribution >= 0.6 is 0 Å². The van der Waals surface area contributed by atoms with Crippen LogP contribution in [-0.4, -0.2) is 23.9 Å². The van der Waals surface area contributed by atoms with E-state index in [4.69, 9.17) is 9.29 Å². The summed E-state index contributed by atoms with van der Waals surface area (Å²) in [6.45, 7) is 0. The zero-order valence-corrected chi connectivity index (χ0v) is 12.5. The van der Waals surface area contributed by atoms with Crippen LogP contribution in [0.25, 0.3) is 0 Å². The summed E-state index contributed by atoms with van der Waals surface area (Å²) < 4.78 is 39.9. The average Bonchev–Trinajstić information content (AvgIpc) is 2.48. The predicted molar refractivity (Wildman–Crippen MR) is 79.0 cm³/mol. The highest BCUT2D eigenvalue weighted by Gasteiger charge is 2.28. The number of carbonyl (C=O) groups is 1. The molecule has 23 heavy (non-hydrogen) atoms. The first-order valence-corrected chi connectivity index (χ1v) is 7.99. The van der Waals surface area contributed by atoms with E-state index in [0.717, 1.165) is 0 Å². The monoisotopic (exact) mass is 336 g/mol. The molecule has 0 radical (unpaired) electrons. The van der Waals surface area contributed by atoms with E-state index in [1.54, 1.807) is 24.3 Å². The van der Waals surface area contributed by atoms with E-state index < -0.39 is 28.0 Å². The zero-order valence-electron chi connectivity index (χ0n) is 11.7. The van der Waals surface area contributed by atoms with E-state index in [1.165, 1.54) is 18.2 Å². The third kappa shape index (κ3) is 3.27. The van der Waals surface area contributed by atoms with Crippen molar-refractivity contribution in [2.45, 2.75) is 12.5 Å². The van der Waals surface area contributed by atoms with Gasteiger partial charge < -0.3 is 14.0 Å². The van der Waals surface area contributed by atoms with Crippen molar-refractivity contribution in [2.75, 3.05) is 0 Å². The van der Waals surface area contributed by atoms with Gasteiger partial charge in [-0.15, -0.1) is 0 Å². The maximum absolute atomic E-state index is 12.1. The van der Waals surface area contributed by atoms with Gasteiger partial charge in [-0.2, -0.15) is 8.42 Å². The maximum atomic E-state index is 12.1. The van der Waals surface area contributed by atoms with E-state index in [2.05, 4.69) is 4.18 Å². The minimum Gasteiger partial charge on any atom is -0.504 e. The molecule has 0 bridgehead atoms. The second-order valence-electron chi connectivity index (χ2n) is 4.97. The molecular weight excluding hydrogens is 324 g/mol. The lowest BCUT2D eigenvalue weighted by molar-refractivity contribution is 0.0849. The van der Waals surface area contributed by atoms with Crippen molar-refractivity contribution in [1.29, 1.82) is 0 Å². The van der Waals surface area contributed by atoms with Crippen LogP contribution in [0.2, 0.25) is 0 Å². The number of aromatic hydroxyl groups is 1. The minimum absolute atomic E-state index is 0.0883. The van der Waals surface area contributed by atoms with Crippen LogP contribution in [0.15, 0.2) is 42.5 Å². The molecule has 0 saturated carbocycles. The molecule has 2 N–H and O–H groups in total. The molecule has 8 heteroatoms. The van der Waals surface area contributed by atoms with Gasteiger partial charge in [-0.25, -0.2) is 0 Å². The van der Waals surface area contributed by atoms with Crippen LogP contribution in [-0.2, 0) is 10.4 Å². The molecule has 7 nitrogen and oxygen atoms in total. The third-order valence-electron chi connectivity index (χ3n) is 3.38. The molecule has 3 rings (SSSR count). The Kier molecular flexibility index (Phi) is 3.70. The number of carbonyl (C=O) groups excluding carboxylic acids is 1. The Bertz CT molecular complexity index is 873. The van der Waals surface area contributed by atoms with Crippen LogP contribution in [0, 0.1) is 0 Å². The highest BCUT2D eigenvalue weighted by atomic mass is 32.3. The number of fused-ring (bicyclic) bond motifs is 1. The van der Waals surface area contributed by atoms with Gasteiger partial charge in [0.25, 0.3) is 0 Å². The first kappa shape index (κ1) is 15.3. The second kappa shape index (κ2) is 5.56. The number of para-hydroxylation sites is 1. The SMILES string of the molecule is O=C1CC(c2ccc(OS(=O)(=O)O)c(O)c2)Oc2ccccc21. The minimum atomic E-state index is -4.73. The van der Waals surface area contributed by atoms with Gasteiger partial charge in [0.2, 0.25) is 0 Å². The number of rotatable bonds is 3. The molecule has 1 aliphatic heterocycles. The van der Waals surface area contributed by atoms with Gasteiger partial charge in [-0.1, -0.05) is 18.2 Å². The molecule has 0 aromatic heterocycles. The summed E-state index contributed by atoms with van der Waals surface area (Å²) in [6.07, 6.45) is -0.516. The topological polar surface area (TPSA) is 110 Å². The van der Waals surface area contributed by atoms with E-state index in [9.17, 15) is 18.3 Å². The van der Waals surface area contributed by atoms with Crippen molar-refractivity contribution in [1.82, 2.24) is 0 Å². The molecule has 0 spiro atoms. The molecule has 0 amide bonds. The maximum Gasteiger partial charge on any atom is 0.446 e. The molecule has 0 saturated heterocycles. The van der Waals surface area contributed by atoms with Crippen LogP contribution in [0.1, 0.15) is 28.4 Å². The molecule has 1 heterocycles. The van der Waals surface area contributed by atoms with Crippen molar-refractivity contribution in [3.63, 3.8) is 0 Å². The molecular formula is C15H12O7S. The molecule has 2 aromatic carbocycles. The molecule has 1 aliphatic rings. The summed E-state index contributed by atoms with van der Waals surface area (Å²) in [4.78, 5) is 12.1. The van der Waals surface area contributed by atoms with Crippen LogP contribution in [0.3, 0.4) is 0 Å². The molecule has 1 atom stereocenters. The van der Waals surface area contributed by atoms with Crippen LogP contribution in [0.4, 0.5) is 0 Å². The van der Waals surface area contributed by atoms with Gasteiger partial charge in [-0.05, 0) is 29.8 Å². The van der Waals surface area contributed by atoms with E-state index in [0.29, 0.717) is 16.9 Å². The van der Waals surface area contributed by atoms with Crippen molar-refractivity contribution < 1.29 is 31.8 Å². The Balaban J connectivity index is 1.89. The first-order valence-electron chi connectivity index (χ1n) is 6.62. The number of ketones is 1. The van der Waals surface area contributed by atoms with Crippen LogP contribution in [0.5, 0.6) is 17.2 Å². The van der Waals surface area contributed by atoms with Crippen molar-refractivity contribution in [2.24, 2.45) is 0 Å². The molecule has 2 aromatic rings. The number of hydrogen-bond donors (Lipinski definition) is 2. The first-order chi connectivity index (χ1) is 10.8. The molecule has 0 aliphatic carbocycles. The Morgan fingerprint density at radius 1 is 1.17 bits per heavy atom. The fraction of sp³-hybridized carbons (Fsp3) is 0.133. The number of phenols is 1. The van der Waals surface area contributed by atoms with Gasteiger partial charge >= 0.3 is 10.4 Å². The summed E-state index contributed by atoms with van der Waals surface area (Å²) >= 11 is 0. The van der Waals surface area contributed by atoms with E-state index in [1.807, 2.05) is 0 Å². The lowest BCUT2D eigenvalue weighted by Crippen LogP contribution is -2.20. The number of benzene rings is 2.